The van der Waals surface area contributed by atoms with E-state index in [0.717, 1.165) is 36.5 Å². The van der Waals surface area contributed by atoms with E-state index < -0.39 is 10.0 Å². The highest BCUT2D eigenvalue weighted by Crippen LogP contribution is 2.28. The number of nitrogens with zero attached hydrogens (tertiary/aromatic N) is 4. The van der Waals surface area contributed by atoms with Crippen molar-refractivity contribution in [3.8, 4) is 11.3 Å². The number of hydrogen-bond donors (Lipinski definition) is 0. The maximum Gasteiger partial charge on any atom is 0.243 e. The van der Waals surface area contributed by atoms with E-state index in [0.29, 0.717) is 36.9 Å². The Morgan fingerprint density at radius 1 is 0.906 bits per heavy atom. The molecule has 0 spiro atoms. The molecular weight excluding hydrogens is 424 g/mol. The smallest absolute Gasteiger partial charge is 0.243 e. The van der Waals surface area contributed by atoms with Gasteiger partial charge >= 0.3 is 0 Å². The third-order valence-electron chi connectivity index (χ3n) is 6.18. The fourth-order valence-corrected chi connectivity index (χ4v) is 5.96. The monoisotopic (exact) mass is 450 g/mol. The van der Waals surface area contributed by atoms with Gasteiger partial charge in [-0.05, 0) is 48.2 Å². The summed E-state index contributed by atoms with van der Waals surface area (Å²) in [7, 11) is -3.58. The zero-order valence-electron chi connectivity index (χ0n) is 18.1. The zero-order chi connectivity index (χ0) is 22.1. The first-order chi connectivity index (χ1) is 15.5. The van der Waals surface area contributed by atoms with Crippen LogP contribution in [0.25, 0.3) is 11.3 Å². The molecule has 7 nitrogen and oxygen atoms in total. The maximum absolute atomic E-state index is 13.2. The van der Waals surface area contributed by atoms with Crippen LogP contribution in [0.1, 0.15) is 16.7 Å². The van der Waals surface area contributed by atoms with Gasteiger partial charge in [-0.3, -0.25) is 0 Å². The van der Waals surface area contributed by atoms with Crippen LogP contribution in [0.15, 0.2) is 59.5 Å². The lowest BCUT2D eigenvalue weighted by Gasteiger charge is -2.29. The predicted molar refractivity (Wildman–Crippen MR) is 123 cm³/mol. The van der Waals surface area contributed by atoms with Crippen LogP contribution in [-0.4, -0.2) is 55.8 Å². The van der Waals surface area contributed by atoms with Crippen LogP contribution in [0.4, 0.5) is 5.82 Å². The molecule has 0 amide bonds. The summed E-state index contributed by atoms with van der Waals surface area (Å²) in [5, 5.41) is 8.88. The van der Waals surface area contributed by atoms with E-state index in [9.17, 15) is 8.42 Å². The summed E-state index contributed by atoms with van der Waals surface area (Å²) in [6.45, 7) is 5.13. The van der Waals surface area contributed by atoms with Crippen molar-refractivity contribution in [2.75, 3.05) is 37.7 Å². The molecule has 0 aliphatic carbocycles. The van der Waals surface area contributed by atoms with Crippen molar-refractivity contribution in [3.05, 3.63) is 71.3 Å². The number of fused-ring (bicyclic) bond motifs is 1. The molecule has 2 aliphatic rings. The molecule has 166 valence electrons. The van der Waals surface area contributed by atoms with Crippen molar-refractivity contribution >= 4 is 15.8 Å². The highest BCUT2D eigenvalue weighted by atomic mass is 32.2. The number of morpholine rings is 1. The molecule has 8 heteroatoms. The van der Waals surface area contributed by atoms with Crippen LogP contribution in [0, 0.1) is 6.92 Å². The largest absolute Gasteiger partial charge is 0.379 e. The van der Waals surface area contributed by atoms with Crippen molar-refractivity contribution < 1.29 is 13.2 Å². The Morgan fingerprint density at radius 3 is 2.44 bits per heavy atom. The second-order valence-electron chi connectivity index (χ2n) is 8.21. The Labute approximate surface area is 188 Å². The van der Waals surface area contributed by atoms with E-state index in [1.54, 1.807) is 6.07 Å². The Balaban J connectivity index is 1.39. The molecule has 0 atom stereocenters. The fraction of sp³-hybridized carbons (Fsp3) is 0.333. The second-order valence-corrected chi connectivity index (χ2v) is 10.1. The molecule has 0 radical (unpaired) electrons. The first-order valence-corrected chi connectivity index (χ1v) is 12.3. The summed E-state index contributed by atoms with van der Waals surface area (Å²) in [6, 6.07) is 17.8. The van der Waals surface area contributed by atoms with Crippen molar-refractivity contribution in [3.63, 3.8) is 0 Å². The number of sulfonamides is 1. The van der Waals surface area contributed by atoms with Gasteiger partial charge in [0.25, 0.3) is 0 Å². The quantitative estimate of drug-likeness (QED) is 0.608. The summed E-state index contributed by atoms with van der Waals surface area (Å²) in [4.78, 5) is 2.54. The van der Waals surface area contributed by atoms with Crippen LogP contribution >= 0.6 is 0 Å². The van der Waals surface area contributed by atoms with Gasteiger partial charge in [0.1, 0.15) is 0 Å². The minimum absolute atomic E-state index is 0.315. The van der Waals surface area contributed by atoms with Crippen molar-refractivity contribution in [2.24, 2.45) is 0 Å². The van der Waals surface area contributed by atoms with E-state index >= 15 is 0 Å². The topological polar surface area (TPSA) is 75.6 Å². The number of anilines is 1. The lowest BCUT2D eigenvalue weighted by Crippen LogP contribution is -2.40. The SMILES string of the molecule is Cc1ccc(-c2ccc(N3CCc4ccccc4C3)nn2)cc1S(=O)(=O)N1CCOCC1. The van der Waals surface area contributed by atoms with Crippen LogP contribution in [-0.2, 0) is 27.7 Å². The van der Waals surface area contributed by atoms with Gasteiger partial charge in [-0.25, -0.2) is 8.42 Å². The van der Waals surface area contributed by atoms with Gasteiger partial charge in [0, 0.05) is 31.7 Å². The van der Waals surface area contributed by atoms with Gasteiger partial charge in [-0.15, -0.1) is 10.2 Å². The molecule has 0 N–H and O–H groups in total. The van der Waals surface area contributed by atoms with Gasteiger partial charge < -0.3 is 9.64 Å². The van der Waals surface area contributed by atoms with E-state index in [4.69, 9.17) is 4.74 Å². The predicted octanol–water partition coefficient (Wildman–Crippen LogP) is 3.04. The van der Waals surface area contributed by atoms with Crippen LogP contribution in [0.5, 0.6) is 0 Å². The molecule has 0 bridgehead atoms. The van der Waals surface area contributed by atoms with Crippen LogP contribution in [0.3, 0.4) is 0 Å². The Morgan fingerprint density at radius 2 is 1.69 bits per heavy atom. The standard InChI is InChI=1S/C24H26N4O3S/c1-18-6-7-20(16-23(18)32(29,30)28-12-14-31-15-13-28)22-8-9-24(26-25-22)27-11-10-19-4-2-3-5-21(19)17-27/h2-9,16H,10-15,17H2,1H3. The molecule has 0 unspecified atom stereocenters. The summed E-state index contributed by atoms with van der Waals surface area (Å²) in [6.07, 6.45) is 0.986. The van der Waals surface area contributed by atoms with Crippen molar-refractivity contribution in [1.82, 2.24) is 14.5 Å². The minimum Gasteiger partial charge on any atom is -0.379 e. The summed E-state index contributed by atoms with van der Waals surface area (Å²) < 4.78 is 33.2. The third-order valence-corrected chi connectivity index (χ3v) is 8.22. The summed E-state index contributed by atoms with van der Waals surface area (Å²) in [5.41, 5.74) is 4.83. The fourth-order valence-electron chi connectivity index (χ4n) is 4.30. The molecule has 32 heavy (non-hydrogen) atoms. The number of aryl methyl sites for hydroxylation is 1. The zero-order valence-corrected chi connectivity index (χ0v) is 18.9. The average Bonchev–Trinajstić information content (AvgIpc) is 2.84. The average molecular weight is 451 g/mol. The highest BCUT2D eigenvalue weighted by Gasteiger charge is 2.28. The maximum atomic E-state index is 13.2. The first-order valence-electron chi connectivity index (χ1n) is 10.9. The molecule has 2 aromatic carbocycles. The summed E-state index contributed by atoms with van der Waals surface area (Å²) >= 11 is 0. The van der Waals surface area contributed by atoms with Crippen LogP contribution < -0.4 is 4.90 Å². The van der Waals surface area contributed by atoms with Gasteiger partial charge in [0.15, 0.2) is 5.82 Å². The molecule has 1 fully saturated rings. The van der Waals surface area contributed by atoms with Gasteiger partial charge in [0.2, 0.25) is 10.0 Å². The normalized spacial score (nSPS) is 17.2. The molecule has 0 saturated carbocycles. The second kappa shape index (κ2) is 8.61. The number of rotatable bonds is 4. The van der Waals surface area contributed by atoms with Gasteiger partial charge in [0.05, 0.1) is 23.8 Å². The molecule has 5 rings (SSSR count). The van der Waals surface area contributed by atoms with Crippen molar-refractivity contribution in [1.29, 1.82) is 0 Å². The van der Waals surface area contributed by atoms with E-state index in [1.807, 2.05) is 31.2 Å². The Bertz CT molecular complexity index is 1220. The number of benzene rings is 2. The van der Waals surface area contributed by atoms with E-state index in [1.165, 1.54) is 15.4 Å². The van der Waals surface area contributed by atoms with E-state index in [-0.39, 0.29) is 0 Å². The Kier molecular flexibility index (Phi) is 5.67. The Hall–Kier alpha value is -2.81. The molecule has 2 aliphatic heterocycles. The molecule has 1 aromatic heterocycles. The highest BCUT2D eigenvalue weighted by molar-refractivity contribution is 7.89. The van der Waals surface area contributed by atoms with Gasteiger partial charge in [-0.1, -0.05) is 36.4 Å². The molecule has 3 aromatic rings. The third kappa shape index (κ3) is 4.01. The lowest BCUT2D eigenvalue weighted by molar-refractivity contribution is 0.0730. The minimum atomic E-state index is -3.58. The number of aromatic nitrogens is 2. The molecular formula is C24H26N4O3S. The van der Waals surface area contributed by atoms with Crippen LogP contribution in [0.2, 0.25) is 0 Å². The number of ether oxygens (including phenoxy) is 1. The van der Waals surface area contributed by atoms with Crippen molar-refractivity contribution in [2.45, 2.75) is 24.8 Å². The molecule has 1 saturated heterocycles. The number of hydrogen-bond acceptors (Lipinski definition) is 6. The van der Waals surface area contributed by atoms with Gasteiger partial charge in [-0.2, -0.15) is 4.31 Å². The van der Waals surface area contributed by atoms with E-state index in [2.05, 4.69) is 39.4 Å². The summed E-state index contributed by atoms with van der Waals surface area (Å²) in [5.74, 6) is 0.830. The lowest BCUT2D eigenvalue weighted by atomic mass is 10.00. The first kappa shape index (κ1) is 21.1. The molecule has 3 heterocycles.